The van der Waals surface area contributed by atoms with Crippen molar-refractivity contribution in [3.63, 3.8) is 0 Å². The fraction of sp³-hybridized carbons (Fsp3) is 0.467. The fourth-order valence-corrected chi connectivity index (χ4v) is 3.32. The van der Waals surface area contributed by atoms with E-state index in [2.05, 4.69) is 32.2 Å². The standard InChI is InChI=1S/C15H20N6OS/c1-2-12-19-11(10-23-12)9-20-5-7-21(8-6-20)15(22)13-14(16)18-4-3-17-13/h3-4,10H,2,5-9H2,1H3,(H2,16,18). The zero-order valence-corrected chi connectivity index (χ0v) is 13.9. The van der Waals surface area contributed by atoms with Crippen molar-refractivity contribution in [3.05, 3.63) is 34.2 Å². The highest BCUT2D eigenvalue weighted by Crippen LogP contribution is 2.15. The minimum atomic E-state index is -0.142. The first-order valence-electron chi connectivity index (χ1n) is 7.68. The monoisotopic (exact) mass is 332 g/mol. The van der Waals surface area contributed by atoms with Gasteiger partial charge < -0.3 is 10.6 Å². The average Bonchev–Trinajstić information content (AvgIpc) is 3.03. The summed E-state index contributed by atoms with van der Waals surface area (Å²) in [7, 11) is 0. The second kappa shape index (κ2) is 7.01. The van der Waals surface area contributed by atoms with Gasteiger partial charge in [-0.3, -0.25) is 9.69 Å². The molecule has 3 rings (SSSR count). The molecule has 8 heteroatoms. The van der Waals surface area contributed by atoms with E-state index in [0.717, 1.165) is 31.7 Å². The molecule has 1 saturated heterocycles. The number of nitrogens with zero attached hydrogens (tertiary/aromatic N) is 5. The normalized spacial score (nSPS) is 15.8. The smallest absolute Gasteiger partial charge is 0.276 e. The summed E-state index contributed by atoms with van der Waals surface area (Å²) in [6.07, 6.45) is 3.96. The van der Waals surface area contributed by atoms with Crippen molar-refractivity contribution in [3.8, 4) is 0 Å². The summed E-state index contributed by atoms with van der Waals surface area (Å²) in [4.78, 5) is 29.1. The lowest BCUT2D eigenvalue weighted by atomic mass is 10.2. The molecule has 0 radical (unpaired) electrons. The molecule has 3 heterocycles. The van der Waals surface area contributed by atoms with E-state index in [1.54, 1.807) is 16.2 Å². The van der Waals surface area contributed by atoms with E-state index >= 15 is 0 Å². The number of aromatic nitrogens is 3. The highest BCUT2D eigenvalue weighted by atomic mass is 32.1. The Morgan fingerprint density at radius 1 is 1.26 bits per heavy atom. The average molecular weight is 332 g/mol. The first kappa shape index (κ1) is 15.8. The molecule has 2 N–H and O–H groups in total. The van der Waals surface area contributed by atoms with Crippen LogP contribution in [0.1, 0.15) is 28.1 Å². The van der Waals surface area contributed by atoms with E-state index in [1.807, 2.05) is 0 Å². The van der Waals surface area contributed by atoms with Gasteiger partial charge in [-0.1, -0.05) is 6.92 Å². The lowest BCUT2D eigenvalue weighted by molar-refractivity contribution is 0.0622. The zero-order valence-electron chi connectivity index (χ0n) is 13.1. The summed E-state index contributed by atoms with van der Waals surface area (Å²) in [5, 5.41) is 3.29. The lowest BCUT2D eigenvalue weighted by Gasteiger charge is -2.34. The number of anilines is 1. The fourth-order valence-electron chi connectivity index (χ4n) is 2.59. The van der Waals surface area contributed by atoms with Crippen molar-refractivity contribution in [2.75, 3.05) is 31.9 Å². The number of rotatable bonds is 4. The number of hydrogen-bond acceptors (Lipinski definition) is 7. The predicted octanol–water partition coefficient (Wildman–Crippen LogP) is 1.04. The number of piperazine rings is 1. The van der Waals surface area contributed by atoms with Gasteiger partial charge in [-0.15, -0.1) is 11.3 Å². The molecule has 23 heavy (non-hydrogen) atoms. The summed E-state index contributed by atoms with van der Waals surface area (Å²) >= 11 is 1.71. The molecule has 1 amide bonds. The Kier molecular flexibility index (Phi) is 4.82. The van der Waals surface area contributed by atoms with Crippen LogP contribution < -0.4 is 5.73 Å². The van der Waals surface area contributed by atoms with Crippen LogP contribution in [0.5, 0.6) is 0 Å². The molecule has 0 aromatic carbocycles. The minimum Gasteiger partial charge on any atom is -0.382 e. The molecule has 0 bridgehead atoms. The number of thiazole rings is 1. The van der Waals surface area contributed by atoms with Crippen LogP contribution in [0.15, 0.2) is 17.8 Å². The first-order chi connectivity index (χ1) is 11.2. The van der Waals surface area contributed by atoms with Crippen molar-refractivity contribution < 1.29 is 4.79 Å². The molecule has 2 aromatic heterocycles. The van der Waals surface area contributed by atoms with Crippen LogP contribution in [-0.2, 0) is 13.0 Å². The molecular weight excluding hydrogens is 312 g/mol. The van der Waals surface area contributed by atoms with Crippen LogP contribution in [0.3, 0.4) is 0 Å². The maximum Gasteiger partial charge on any atom is 0.276 e. The summed E-state index contributed by atoms with van der Waals surface area (Å²) in [6.45, 7) is 5.94. The molecule has 0 aliphatic carbocycles. The van der Waals surface area contributed by atoms with Crippen LogP contribution in [0.4, 0.5) is 5.82 Å². The largest absolute Gasteiger partial charge is 0.382 e. The predicted molar refractivity (Wildman–Crippen MR) is 89.1 cm³/mol. The summed E-state index contributed by atoms with van der Waals surface area (Å²) in [5.41, 5.74) is 7.09. The Labute approximate surface area is 139 Å². The maximum atomic E-state index is 12.4. The Morgan fingerprint density at radius 3 is 2.65 bits per heavy atom. The van der Waals surface area contributed by atoms with Gasteiger partial charge in [-0.2, -0.15) is 0 Å². The third kappa shape index (κ3) is 3.65. The lowest BCUT2D eigenvalue weighted by Crippen LogP contribution is -2.48. The van der Waals surface area contributed by atoms with Gasteiger partial charge in [0.1, 0.15) is 0 Å². The maximum absolute atomic E-state index is 12.4. The van der Waals surface area contributed by atoms with Crippen molar-refractivity contribution in [2.24, 2.45) is 0 Å². The van der Waals surface area contributed by atoms with Gasteiger partial charge in [0.05, 0.1) is 10.7 Å². The highest BCUT2D eigenvalue weighted by Gasteiger charge is 2.25. The SMILES string of the molecule is CCc1nc(CN2CCN(C(=O)c3nccnc3N)CC2)cs1. The van der Waals surface area contributed by atoms with Gasteiger partial charge in [0, 0.05) is 50.5 Å². The van der Waals surface area contributed by atoms with Gasteiger partial charge in [0.15, 0.2) is 11.5 Å². The molecular formula is C15H20N6OS. The van der Waals surface area contributed by atoms with Gasteiger partial charge in [0.2, 0.25) is 0 Å². The van der Waals surface area contributed by atoms with Crippen LogP contribution >= 0.6 is 11.3 Å². The molecule has 122 valence electrons. The zero-order chi connectivity index (χ0) is 16.2. The van der Waals surface area contributed by atoms with E-state index < -0.39 is 0 Å². The second-order valence-corrected chi connectivity index (χ2v) is 6.39. The molecule has 1 aliphatic heterocycles. The third-order valence-electron chi connectivity index (χ3n) is 3.88. The molecule has 0 unspecified atom stereocenters. The van der Waals surface area contributed by atoms with Gasteiger partial charge in [-0.05, 0) is 6.42 Å². The van der Waals surface area contributed by atoms with E-state index in [0.29, 0.717) is 13.1 Å². The number of carbonyl (C=O) groups is 1. The Bertz CT molecular complexity index is 680. The summed E-state index contributed by atoms with van der Waals surface area (Å²) in [5.74, 6) is 0.0478. The quantitative estimate of drug-likeness (QED) is 0.900. The Balaban J connectivity index is 1.56. The number of aryl methyl sites for hydroxylation is 1. The second-order valence-electron chi connectivity index (χ2n) is 5.44. The molecule has 1 aliphatic rings. The highest BCUT2D eigenvalue weighted by molar-refractivity contribution is 7.09. The number of nitrogen functional groups attached to an aromatic ring is 1. The van der Waals surface area contributed by atoms with Crippen LogP contribution in [-0.4, -0.2) is 56.8 Å². The van der Waals surface area contributed by atoms with Gasteiger partial charge in [0.25, 0.3) is 5.91 Å². The van der Waals surface area contributed by atoms with E-state index in [9.17, 15) is 4.79 Å². The van der Waals surface area contributed by atoms with E-state index in [-0.39, 0.29) is 17.4 Å². The number of amides is 1. The van der Waals surface area contributed by atoms with E-state index in [4.69, 9.17) is 5.73 Å². The van der Waals surface area contributed by atoms with Crippen molar-refractivity contribution in [1.29, 1.82) is 0 Å². The van der Waals surface area contributed by atoms with Crippen molar-refractivity contribution >= 4 is 23.1 Å². The van der Waals surface area contributed by atoms with Crippen molar-refractivity contribution in [2.45, 2.75) is 19.9 Å². The molecule has 0 saturated carbocycles. The Hall–Kier alpha value is -2.06. The molecule has 0 atom stereocenters. The molecule has 7 nitrogen and oxygen atoms in total. The van der Waals surface area contributed by atoms with Crippen LogP contribution in [0, 0.1) is 0 Å². The molecule has 2 aromatic rings. The summed E-state index contributed by atoms with van der Waals surface area (Å²) < 4.78 is 0. The number of nitrogens with two attached hydrogens (primary N) is 1. The first-order valence-corrected chi connectivity index (χ1v) is 8.56. The van der Waals surface area contributed by atoms with Crippen molar-refractivity contribution in [1.82, 2.24) is 24.8 Å². The third-order valence-corrected chi connectivity index (χ3v) is 4.92. The van der Waals surface area contributed by atoms with Gasteiger partial charge in [-0.25, -0.2) is 15.0 Å². The Morgan fingerprint density at radius 2 is 2.00 bits per heavy atom. The molecule has 0 spiro atoms. The topological polar surface area (TPSA) is 88.2 Å². The molecule has 1 fully saturated rings. The van der Waals surface area contributed by atoms with Gasteiger partial charge >= 0.3 is 0 Å². The summed E-state index contributed by atoms with van der Waals surface area (Å²) in [6, 6.07) is 0. The van der Waals surface area contributed by atoms with Crippen LogP contribution in [0.25, 0.3) is 0 Å². The van der Waals surface area contributed by atoms with E-state index in [1.165, 1.54) is 17.4 Å². The number of hydrogen-bond donors (Lipinski definition) is 1. The minimum absolute atomic E-state index is 0.142. The number of carbonyl (C=O) groups excluding carboxylic acids is 1. The van der Waals surface area contributed by atoms with Crippen LogP contribution in [0.2, 0.25) is 0 Å².